The molecule has 8 heteroatoms. The Balaban J connectivity index is 1.07. The first-order chi connectivity index (χ1) is 33.7. The summed E-state index contributed by atoms with van der Waals surface area (Å²) in [5.74, 6) is 3.51. The van der Waals surface area contributed by atoms with Crippen molar-refractivity contribution in [2.45, 2.75) is 0 Å². The first kappa shape index (κ1) is 39.0. The van der Waals surface area contributed by atoms with Gasteiger partial charge in [-0.15, -0.1) is 0 Å². The van der Waals surface area contributed by atoms with Crippen LogP contribution in [-0.4, -0.2) is 39.0 Å². The predicted octanol–water partition coefficient (Wildman–Crippen LogP) is 14.3. The number of rotatable bonds is 8. The van der Waals surface area contributed by atoms with E-state index >= 15 is 0 Å². The van der Waals surface area contributed by atoms with Gasteiger partial charge in [0, 0.05) is 49.4 Å². The van der Waals surface area contributed by atoms with Crippen LogP contribution in [0, 0.1) is 0 Å². The van der Waals surface area contributed by atoms with Crippen LogP contribution in [0.1, 0.15) is 0 Å². The van der Waals surface area contributed by atoms with Crippen molar-refractivity contribution in [1.29, 1.82) is 0 Å². The minimum Gasteiger partial charge on any atom is -0.308 e. The van der Waals surface area contributed by atoms with Gasteiger partial charge in [-0.2, -0.15) is 9.97 Å². The average Bonchev–Trinajstić information content (AvgIpc) is 3.95. The van der Waals surface area contributed by atoms with Gasteiger partial charge in [0.15, 0.2) is 29.1 Å². The number of hydrogen-bond donors (Lipinski definition) is 0. The lowest BCUT2D eigenvalue weighted by Crippen LogP contribution is -2.06. The van der Waals surface area contributed by atoms with Gasteiger partial charge in [-0.25, -0.2) is 19.9 Å². The molecule has 0 unspecified atom stereocenters. The van der Waals surface area contributed by atoms with Gasteiger partial charge < -0.3 is 4.57 Å². The molecule has 4 heterocycles. The molecule has 0 aliphatic rings. The zero-order valence-electron chi connectivity index (χ0n) is 36.5. The quantitative estimate of drug-likeness (QED) is 0.151. The van der Waals surface area contributed by atoms with Crippen LogP contribution in [0.3, 0.4) is 0 Å². The molecule has 0 radical (unpaired) electrons. The highest BCUT2D eigenvalue weighted by atomic mass is 15.2. The second-order valence-electron chi connectivity index (χ2n) is 16.7. The Morgan fingerprint density at radius 1 is 0.250 bits per heavy atom. The summed E-state index contributed by atoms with van der Waals surface area (Å²) in [6, 6.07) is 79.2. The zero-order chi connectivity index (χ0) is 45.0. The van der Waals surface area contributed by atoms with Gasteiger partial charge >= 0.3 is 0 Å². The molecule has 318 valence electrons. The van der Waals surface area contributed by atoms with Crippen LogP contribution >= 0.6 is 0 Å². The molecule has 9 aromatic carbocycles. The van der Waals surface area contributed by atoms with Crippen LogP contribution in [0.5, 0.6) is 0 Å². The molecular weight excluding hydrogens is 833 g/mol. The van der Waals surface area contributed by atoms with Gasteiger partial charge in [0.1, 0.15) is 0 Å². The molecule has 8 nitrogen and oxygen atoms in total. The monoisotopic (exact) mass is 870 g/mol. The lowest BCUT2D eigenvalue weighted by Gasteiger charge is -2.15. The fourth-order valence-corrected chi connectivity index (χ4v) is 9.52. The number of nitrogens with zero attached hydrogens (tertiary/aromatic N) is 8. The van der Waals surface area contributed by atoms with Crippen molar-refractivity contribution >= 4 is 43.6 Å². The van der Waals surface area contributed by atoms with Crippen molar-refractivity contribution in [3.05, 3.63) is 231 Å². The summed E-state index contributed by atoms with van der Waals surface area (Å²) < 4.78 is 4.58. The molecule has 0 aliphatic heterocycles. The van der Waals surface area contributed by atoms with E-state index in [0.717, 1.165) is 88.2 Å². The largest absolute Gasteiger partial charge is 0.308 e. The molecule has 0 saturated carbocycles. The van der Waals surface area contributed by atoms with Crippen LogP contribution in [-0.2, 0) is 0 Å². The van der Waals surface area contributed by atoms with Gasteiger partial charge in [0.05, 0.1) is 27.8 Å². The molecule has 68 heavy (non-hydrogen) atoms. The van der Waals surface area contributed by atoms with E-state index in [2.05, 4.69) is 155 Å². The summed E-state index contributed by atoms with van der Waals surface area (Å²) in [6.07, 6.45) is 0. The molecule has 0 fully saturated rings. The van der Waals surface area contributed by atoms with Crippen LogP contribution < -0.4 is 0 Å². The standard InChI is InChI=1S/C60H38N8/c1-5-19-39(20-6-1)40-33-35-44(36-34-40)58-62-57(43-25-11-4-12-26-43)65-60(66-58)68-49-30-16-13-27-45(49)46-37-38-52-53(54(46)68)47-28-14-17-31-50(47)67(52)51-32-18-15-29-48(51)59-63-55(41-21-7-2-8-22-41)61-56(64-59)42-23-9-3-10-24-42/h1-38H. The van der Waals surface area contributed by atoms with Crippen LogP contribution in [0.2, 0.25) is 0 Å². The molecule has 13 rings (SSSR count). The highest BCUT2D eigenvalue weighted by Gasteiger charge is 2.25. The molecule has 0 amide bonds. The average molecular weight is 871 g/mol. The van der Waals surface area contributed by atoms with Crippen LogP contribution in [0.15, 0.2) is 231 Å². The number of para-hydroxylation sites is 3. The predicted molar refractivity (Wildman–Crippen MR) is 275 cm³/mol. The number of benzene rings is 9. The summed E-state index contributed by atoms with van der Waals surface area (Å²) >= 11 is 0. The van der Waals surface area contributed by atoms with Crippen LogP contribution in [0.25, 0.3) is 123 Å². The minimum absolute atomic E-state index is 0.531. The zero-order valence-corrected chi connectivity index (χ0v) is 36.5. The van der Waals surface area contributed by atoms with Gasteiger partial charge in [-0.3, -0.25) is 4.57 Å². The van der Waals surface area contributed by atoms with Crippen molar-refractivity contribution in [2.24, 2.45) is 0 Å². The fraction of sp³-hybridized carbons (Fsp3) is 0. The van der Waals surface area contributed by atoms with Crippen molar-refractivity contribution in [3.63, 3.8) is 0 Å². The van der Waals surface area contributed by atoms with Crippen molar-refractivity contribution in [3.8, 4) is 79.7 Å². The molecule has 0 spiro atoms. The highest BCUT2D eigenvalue weighted by molar-refractivity contribution is 6.26. The topological polar surface area (TPSA) is 87.2 Å². The van der Waals surface area contributed by atoms with Gasteiger partial charge in [0.25, 0.3) is 0 Å². The van der Waals surface area contributed by atoms with E-state index in [0.29, 0.717) is 35.1 Å². The molecule has 0 saturated heterocycles. The van der Waals surface area contributed by atoms with E-state index in [9.17, 15) is 0 Å². The summed E-state index contributed by atoms with van der Waals surface area (Å²) in [7, 11) is 0. The Hall–Kier alpha value is -9.40. The smallest absolute Gasteiger partial charge is 0.238 e. The second-order valence-corrected chi connectivity index (χ2v) is 16.7. The molecule has 0 aliphatic carbocycles. The first-order valence-corrected chi connectivity index (χ1v) is 22.6. The van der Waals surface area contributed by atoms with E-state index in [4.69, 9.17) is 29.9 Å². The third kappa shape index (κ3) is 6.62. The van der Waals surface area contributed by atoms with E-state index in [1.807, 2.05) is 84.9 Å². The third-order valence-electron chi connectivity index (χ3n) is 12.7. The fourth-order valence-electron chi connectivity index (χ4n) is 9.52. The Labute approximate surface area is 391 Å². The Bertz CT molecular complexity index is 3940. The SMILES string of the molecule is c1ccc(-c2ccc(-c3nc(-c4ccccc4)nc(-n4c5ccccc5c5ccc6c(c7ccccc7n6-c6ccccc6-c6nc(-c7ccccc7)nc(-c7ccccc7)n6)c54)n3)cc2)cc1. The number of aromatic nitrogens is 8. The third-order valence-corrected chi connectivity index (χ3v) is 12.7. The molecule has 13 aromatic rings. The molecular formula is C60H38N8. The number of fused-ring (bicyclic) bond motifs is 7. The lowest BCUT2D eigenvalue weighted by molar-refractivity contribution is 0.955. The van der Waals surface area contributed by atoms with E-state index in [-0.39, 0.29) is 0 Å². The van der Waals surface area contributed by atoms with E-state index < -0.39 is 0 Å². The number of hydrogen-bond acceptors (Lipinski definition) is 6. The summed E-state index contributed by atoms with van der Waals surface area (Å²) in [5, 5.41) is 4.36. The summed E-state index contributed by atoms with van der Waals surface area (Å²) in [6.45, 7) is 0. The summed E-state index contributed by atoms with van der Waals surface area (Å²) in [5.41, 5.74) is 11.8. The maximum absolute atomic E-state index is 5.36. The maximum Gasteiger partial charge on any atom is 0.238 e. The highest BCUT2D eigenvalue weighted by Crippen LogP contribution is 2.43. The molecule has 0 N–H and O–H groups in total. The molecule has 4 aromatic heterocycles. The second kappa shape index (κ2) is 16.2. The van der Waals surface area contributed by atoms with E-state index in [1.165, 1.54) is 0 Å². The van der Waals surface area contributed by atoms with E-state index in [1.54, 1.807) is 0 Å². The maximum atomic E-state index is 5.36. The van der Waals surface area contributed by atoms with Crippen molar-refractivity contribution in [2.75, 3.05) is 0 Å². The Kier molecular flexibility index (Phi) is 9.31. The normalized spacial score (nSPS) is 11.5. The lowest BCUT2D eigenvalue weighted by atomic mass is 10.0. The first-order valence-electron chi connectivity index (χ1n) is 22.6. The summed E-state index contributed by atoms with van der Waals surface area (Å²) in [4.78, 5) is 31.2. The minimum atomic E-state index is 0.531. The van der Waals surface area contributed by atoms with Crippen LogP contribution in [0.4, 0.5) is 0 Å². The van der Waals surface area contributed by atoms with Crippen molar-refractivity contribution < 1.29 is 0 Å². The van der Waals surface area contributed by atoms with Gasteiger partial charge in [0.2, 0.25) is 5.95 Å². The van der Waals surface area contributed by atoms with Gasteiger partial charge in [-0.1, -0.05) is 200 Å². The molecule has 0 atom stereocenters. The van der Waals surface area contributed by atoms with Gasteiger partial charge in [-0.05, 0) is 41.5 Å². The Morgan fingerprint density at radius 2 is 0.662 bits per heavy atom. The Morgan fingerprint density at radius 3 is 1.25 bits per heavy atom. The van der Waals surface area contributed by atoms with Crippen molar-refractivity contribution in [1.82, 2.24) is 39.0 Å². The molecule has 0 bridgehead atoms.